The fourth-order valence-electron chi connectivity index (χ4n) is 2.82. The van der Waals surface area contributed by atoms with Gasteiger partial charge in [0, 0.05) is 11.5 Å². The Bertz CT molecular complexity index is 1160. The second kappa shape index (κ2) is 9.58. The Morgan fingerprint density at radius 3 is 2.69 bits per heavy atom. The molecule has 3 heterocycles. The van der Waals surface area contributed by atoms with Crippen molar-refractivity contribution < 1.29 is 9.21 Å². The number of anilines is 2. The first kappa shape index (κ1) is 22.1. The SMILES string of the molecule is CC(C)(C)c1cc(NC(=O)CSc2nnc(NCc3ccco3)s2)n(-c2ccccc2)n1. The predicted molar refractivity (Wildman–Crippen MR) is 128 cm³/mol. The number of thioether (sulfide) groups is 1. The zero-order valence-corrected chi connectivity index (χ0v) is 19.7. The van der Waals surface area contributed by atoms with Gasteiger partial charge in [0.2, 0.25) is 11.0 Å². The molecule has 4 aromatic rings. The molecule has 0 radical (unpaired) electrons. The summed E-state index contributed by atoms with van der Waals surface area (Å²) in [6.45, 7) is 6.82. The van der Waals surface area contributed by atoms with E-state index >= 15 is 0 Å². The van der Waals surface area contributed by atoms with E-state index in [9.17, 15) is 4.79 Å². The topological polar surface area (TPSA) is 97.9 Å². The summed E-state index contributed by atoms with van der Waals surface area (Å²) in [6.07, 6.45) is 1.63. The maximum atomic E-state index is 12.7. The van der Waals surface area contributed by atoms with Gasteiger partial charge in [-0.15, -0.1) is 10.2 Å². The molecule has 0 atom stereocenters. The van der Waals surface area contributed by atoms with Gasteiger partial charge in [0.05, 0.1) is 29.9 Å². The third-order valence-corrected chi connectivity index (χ3v) is 6.49. The molecule has 1 aromatic carbocycles. The molecule has 0 fully saturated rings. The highest BCUT2D eigenvalue weighted by atomic mass is 32.2. The number of aromatic nitrogens is 4. The third kappa shape index (κ3) is 5.57. The molecule has 3 aromatic heterocycles. The van der Waals surface area contributed by atoms with Crippen LogP contribution >= 0.6 is 23.1 Å². The van der Waals surface area contributed by atoms with Crippen LogP contribution in [-0.4, -0.2) is 31.6 Å². The molecule has 10 heteroatoms. The minimum Gasteiger partial charge on any atom is -0.467 e. The van der Waals surface area contributed by atoms with Crippen molar-refractivity contribution in [3.63, 3.8) is 0 Å². The lowest BCUT2D eigenvalue weighted by Crippen LogP contribution is -2.16. The number of para-hydroxylation sites is 1. The van der Waals surface area contributed by atoms with Crippen LogP contribution in [0.25, 0.3) is 5.69 Å². The Kier molecular flexibility index (Phi) is 6.61. The lowest BCUT2D eigenvalue weighted by molar-refractivity contribution is -0.113. The van der Waals surface area contributed by atoms with E-state index in [1.54, 1.807) is 10.9 Å². The summed E-state index contributed by atoms with van der Waals surface area (Å²) in [7, 11) is 0. The Hall–Kier alpha value is -3.11. The summed E-state index contributed by atoms with van der Waals surface area (Å²) in [5, 5.41) is 19.8. The quantitative estimate of drug-likeness (QED) is 0.353. The minimum atomic E-state index is -0.139. The Morgan fingerprint density at radius 1 is 1.16 bits per heavy atom. The molecular weight excluding hydrogens is 444 g/mol. The first-order chi connectivity index (χ1) is 15.4. The highest BCUT2D eigenvalue weighted by Gasteiger charge is 2.21. The first-order valence-electron chi connectivity index (χ1n) is 10.1. The molecule has 4 rings (SSSR count). The summed E-state index contributed by atoms with van der Waals surface area (Å²) in [5.74, 6) is 1.55. The number of hydrogen-bond acceptors (Lipinski definition) is 8. The molecule has 32 heavy (non-hydrogen) atoms. The van der Waals surface area contributed by atoms with Crippen LogP contribution in [0, 0.1) is 0 Å². The fourth-order valence-corrected chi connectivity index (χ4v) is 4.37. The van der Waals surface area contributed by atoms with E-state index in [0.29, 0.717) is 21.8 Å². The normalized spacial score (nSPS) is 11.5. The molecule has 0 aliphatic carbocycles. The summed E-state index contributed by atoms with van der Waals surface area (Å²) < 4.78 is 7.78. The van der Waals surface area contributed by atoms with Gasteiger partial charge in [-0.3, -0.25) is 4.79 Å². The maximum Gasteiger partial charge on any atom is 0.235 e. The van der Waals surface area contributed by atoms with Crippen molar-refractivity contribution in [2.75, 3.05) is 16.4 Å². The van der Waals surface area contributed by atoms with Gasteiger partial charge in [-0.2, -0.15) is 5.10 Å². The van der Waals surface area contributed by atoms with Crippen molar-refractivity contribution in [3.05, 3.63) is 66.2 Å². The molecule has 2 N–H and O–H groups in total. The number of nitrogens with one attached hydrogen (secondary N) is 2. The minimum absolute atomic E-state index is 0.132. The number of rotatable bonds is 8. The second-order valence-corrected chi connectivity index (χ2v) is 10.3. The van der Waals surface area contributed by atoms with Gasteiger partial charge in [-0.25, -0.2) is 4.68 Å². The van der Waals surface area contributed by atoms with E-state index in [2.05, 4.69) is 41.6 Å². The molecule has 0 aliphatic rings. The van der Waals surface area contributed by atoms with Gasteiger partial charge in [0.1, 0.15) is 11.6 Å². The summed E-state index contributed by atoms with van der Waals surface area (Å²) in [6, 6.07) is 15.4. The number of amides is 1. The van der Waals surface area contributed by atoms with E-state index in [4.69, 9.17) is 9.52 Å². The monoisotopic (exact) mass is 468 g/mol. The standard InChI is InChI=1S/C22H24N6O2S2/c1-22(2,3)17-12-18(28(27-17)15-8-5-4-6-9-15)24-19(29)14-31-21-26-25-20(32-21)23-13-16-10-7-11-30-16/h4-12H,13-14H2,1-3H3,(H,23,25)(H,24,29). The lowest BCUT2D eigenvalue weighted by atomic mass is 9.92. The van der Waals surface area contributed by atoms with Gasteiger partial charge in [-0.05, 0) is 24.3 Å². The van der Waals surface area contributed by atoms with Crippen molar-refractivity contribution in [3.8, 4) is 5.69 Å². The number of carbonyl (C=O) groups excluding carboxylic acids is 1. The zero-order valence-electron chi connectivity index (χ0n) is 18.0. The second-order valence-electron chi connectivity index (χ2n) is 8.06. The molecule has 0 unspecified atom stereocenters. The van der Waals surface area contributed by atoms with E-state index in [1.807, 2.05) is 48.5 Å². The van der Waals surface area contributed by atoms with Crippen LogP contribution in [0.5, 0.6) is 0 Å². The predicted octanol–water partition coefficient (Wildman–Crippen LogP) is 4.96. The van der Waals surface area contributed by atoms with Gasteiger partial charge >= 0.3 is 0 Å². The summed E-state index contributed by atoms with van der Waals surface area (Å²) in [4.78, 5) is 12.7. The van der Waals surface area contributed by atoms with Gasteiger partial charge in [0.25, 0.3) is 0 Å². The van der Waals surface area contributed by atoms with E-state index in [1.165, 1.54) is 23.1 Å². The largest absolute Gasteiger partial charge is 0.467 e. The van der Waals surface area contributed by atoms with E-state index in [0.717, 1.165) is 17.1 Å². The highest BCUT2D eigenvalue weighted by molar-refractivity contribution is 8.01. The molecule has 0 bridgehead atoms. The van der Waals surface area contributed by atoms with E-state index in [-0.39, 0.29) is 17.1 Å². The van der Waals surface area contributed by atoms with Gasteiger partial charge in [-0.1, -0.05) is 62.1 Å². The molecule has 0 saturated heterocycles. The van der Waals surface area contributed by atoms with Crippen molar-refractivity contribution in [2.24, 2.45) is 0 Å². The van der Waals surface area contributed by atoms with Crippen molar-refractivity contribution >= 4 is 40.0 Å². The molecule has 0 aliphatic heterocycles. The summed E-state index contributed by atoms with van der Waals surface area (Å²) in [5.41, 5.74) is 1.66. The lowest BCUT2D eigenvalue weighted by Gasteiger charge is -2.14. The first-order valence-corrected chi connectivity index (χ1v) is 11.9. The zero-order chi connectivity index (χ0) is 22.6. The number of nitrogens with zero attached hydrogens (tertiary/aromatic N) is 4. The van der Waals surface area contributed by atoms with E-state index < -0.39 is 0 Å². The molecule has 1 amide bonds. The number of furan rings is 1. The number of hydrogen-bond donors (Lipinski definition) is 2. The van der Waals surface area contributed by atoms with Crippen LogP contribution in [0.2, 0.25) is 0 Å². The van der Waals surface area contributed by atoms with Crippen LogP contribution in [0.3, 0.4) is 0 Å². The average Bonchev–Trinajstić information content (AvgIpc) is 3.52. The van der Waals surface area contributed by atoms with Crippen LogP contribution in [0.1, 0.15) is 32.2 Å². The van der Waals surface area contributed by atoms with Crippen LogP contribution in [-0.2, 0) is 16.8 Å². The van der Waals surface area contributed by atoms with Crippen LogP contribution in [0.15, 0.2) is 63.6 Å². The number of carbonyl (C=O) groups is 1. The smallest absolute Gasteiger partial charge is 0.235 e. The van der Waals surface area contributed by atoms with Crippen LogP contribution < -0.4 is 10.6 Å². The Labute approximate surface area is 194 Å². The van der Waals surface area contributed by atoms with Gasteiger partial charge < -0.3 is 15.1 Å². The van der Waals surface area contributed by atoms with Crippen molar-refractivity contribution in [1.29, 1.82) is 0 Å². The highest BCUT2D eigenvalue weighted by Crippen LogP contribution is 2.28. The summed E-state index contributed by atoms with van der Waals surface area (Å²) >= 11 is 2.75. The Balaban J connectivity index is 1.38. The fraction of sp³-hybridized carbons (Fsp3) is 0.273. The maximum absolute atomic E-state index is 12.7. The van der Waals surface area contributed by atoms with Crippen molar-refractivity contribution in [2.45, 2.75) is 37.1 Å². The third-order valence-electron chi connectivity index (χ3n) is 4.47. The number of benzene rings is 1. The van der Waals surface area contributed by atoms with Crippen LogP contribution in [0.4, 0.5) is 10.9 Å². The average molecular weight is 469 g/mol. The van der Waals surface area contributed by atoms with Gasteiger partial charge in [0.15, 0.2) is 4.34 Å². The molecule has 8 nitrogen and oxygen atoms in total. The molecule has 0 saturated carbocycles. The molecular formula is C22H24N6O2S2. The van der Waals surface area contributed by atoms with Crippen molar-refractivity contribution in [1.82, 2.24) is 20.0 Å². The molecule has 166 valence electrons. The molecule has 0 spiro atoms. The Morgan fingerprint density at radius 2 is 1.97 bits per heavy atom.